The number of aromatic nitrogens is 1. The van der Waals surface area contributed by atoms with E-state index in [2.05, 4.69) is 32.3 Å². The highest BCUT2D eigenvalue weighted by molar-refractivity contribution is 9.10. The second-order valence-electron chi connectivity index (χ2n) is 4.60. The molecule has 0 radical (unpaired) electrons. The Morgan fingerprint density at radius 1 is 1.50 bits per heavy atom. The second kappa shape index (κ2) is 5.55. The summed E-state index contributed by atoms with van der Waals surface area (Å²) < 4.78 is 7.80. The Labute approximate surface area is 119 Å². The number of anilines is 1. The number of fused-ring (bicyclic) bond motifs is 1. The lowest BCUT2D eigenvalue weighted by Crippen LogP contribution is -2.24. The van der Waals surface area contributed by atoms with E-state index in [9.17, 15) is 0 Å². The lowest BCUT2D eigenvalue weighted by Gasteiger charge is -2.21. The van der Waals surface area contributed by atoms with E-state index in [0.717, 1.165) is 34.9 Å². The molecule has 1 aromatic heterocycles. The molecule has 1 atom stereocenters. The van der Waals surface area contributed by atoms with E-state index in [4.69, 9.17) is 4.74 Å². The van der Waals surface area contributed by atoms with Crippen LogP contribution in [0.15, 0.2) is 22.7 Å². The summed E-state index contributed by atoms with van der Waals surface area (Å²) in [5, 5.41) is 4.44. The zero-order valence-electron chi connectivity index (χ0n) is 9.99. The van der Waals surface area contributed by atoms with Gasteiger partial charge in [-0.15, -0.1) is 0 Å². The van der Waals surface area contributed by atoms with E-state index in [1.807, 2.05) is 12.1 Å². The highest BCUT2D eigenvalue weighted by Gasteiger charge is 2.14. The minimum atomic E-state index is 0.623. The van der Waals surface area contributed by atoms with E-state index in [-0.39, 0.29) is 0 Å². The van der Waals surface area contributed by atoms with Crippen molar-refractivity contribution < 1.29 is 4.74 Å². The highest BCUT2D eigenvalue weighted by atomic mass is 79.9. The van der Waals surface area contributed by atoms with Crippen LogP contribution in [0.4, 0.5) is 5.13 Å². The average molecular weight is 327 g/mol. The van der Waals surface area contributed by atoms with Crippen molar-refractivity contribution in [1.82, 2.24) is 4.98 Å². The molecule has 0 spiro atoms. The fraction of sp³-hybridized carbons (Fsp3) is 0.462. The number of hydrogen-bond donors (Lipinski definition) is 1. The van der Waals surface area contributed by atoms with E-state index < -0.39 is 0 Å². The van der Waals surface area contributed by atoms with Crippen LogP contribution >= 0.6 is 27.3 Å². The fourth-order valence-corrected chi connectivity index (χ4v) is 3.60. The Kier molecular flexibility index (Phi) is 3.82. The molecule has 1 aromatic carbocycles. The molecule has 0 aliphatic carbocycles. The van der Waals surface area contributed by atoms with E-state index in [1.54, 1.807) is 11.3 Å². The molecule has 18 heavy (non-hydrogen) atoms. The number of thiazole rings is 1. The van der Waals surface area contributed by atoms with Gasteiger partial charge in [-0.2, -0.15) is 0 Å². The summed E-state index contributed by atoms with van der Waals surface area (Å²) in [5.74, 6) is 0.623. The summed E-state index contributed by atoms with van der Waals surface area (Å²) >= 11 is 5.19. The first-order valence-electron chi connectivity index (χ1n) is 6.19. The van der Waals surface area contributed by atoms with Crippen LogP contribution in [0.2, 0.25) is 0 Å². The third-order valence-electron chi connectivity index (χ3n) is 3.15. The van der Waals surface area contributed by atoms with Gasteiger partial charge in [0.05, 0.1) is 16.8 Å². The molecule has 3 nitrogen and oxygen atoms in total. The lowest BCUT2D eigenvalue weighted by atomic mass is 10.0. The van der Waals surface area contributed by atoms with Crippen LogP contribution in [0.25, 0.3) is 10.2 Å². The van der Waals surface area contributed by atoms with Gasteiger partial charge < -0.3 is 10.1 Å². The van der Waals surface area contributed by atoms with Crippen LogP contribution < -0.4 is 5.32 Å². The molecule has 1 unspecified atom stereocenters. The van der Waals surface area contributed by atoms with E-state index in [1.165, 1.54) is 17.5 Å². The van der Waals surface area contributed by atoms with Crippen molar-refractivity contribution in [2.45, 2.75) is 12.8 Å². The third kappa shape index (κ3) is 2.84. The number of nitrogens with one attached hydrogen (secondary N) is 1. The average Bonchev–Trinajstić information content (AvgIpc) is 2.79. The zero-order chi connectivity index (χ0) is 12.4. The Morgan fingerprint density at radius 3 is 3.28 bits per heavy atom. The summed E-state index contributed by atoms with van der Waals surface area (Å²) in [6.45, 7) is 2.76. The highest BCUT2D eigenvalue weighted by Crippen LogP contribution is 2.28. The normalized spacial score (nSPS) is 20.2. The maximum Gasteiger partial charge on any atom is 0.183 e. The van der Waals surface area contributed by atoms with Gasteiger partial charge in [-0.05, 0) is 37.0 Å². The minimum Gasteiger partial charge on any atom is -0.381 e. The van der Waals surface area contributed by atoms with Gasteiger partial charge in [-0.1, -0.05) is 27.3 Å². The molecule has 5 heteroatoms. The number of rotatable bonds is 3. The minimum absolute atomic E-state index is 0.623. The van der Waals surface area contributed by atoms with Gasteiger partial charge in [0.15, 0.2) is 5.13 Å². The number of ether oxygens (including phenoxy) is 1. The first-order chi connectivity index (χ1) is 8.81. The number of nitrogens with zero attached hydrogens (tertiary/aromatic N) is 1. The number of halogens is 1. The van der Waals surface area contributed by atoms with Gasteiger partial charge in [0.25, 0.3) is 0 Å². The largest absolute Gasteiger partial charge is 0.381 e. The topological polar surface area (TPSA) is 34.2 Å². The standard InChI is InChI=1S/C13H15BrN2OS/c14-10-3-4-11-12(6-10)18-13(16-11)15-7-9-2-1-5-17-8-9/h3-4,6,9H,1-2,5,7-8H2,(H,15,16). The van der Waals surface area contributed by atoms with Gasteiger partial charge in [0.2, 0.25) is 0 Å². The summed E-state index contributed by atoms with van der Waals surface area (Å²) in [7, 11) is 0. The Balaban J connectivity index is 1.67. The summed E-state index contributed by atoms with van der Waals surface area (Å²) in [6, 6.07) is 6.19. The number of hydrogen-bond acceptors (Lipinski definition) is 4. The van der Waals surface area contributed by atoms with Gasteiger partial charge >= 0.3 is 0 Å². The molecule has 0 amide bonds. The molecule has 1 saturated heterocycles. The Bertz CT molecular complexity index is 537. The summed E-state index contributed by atoms with van der Waals surface area (Å²) in [4.78, 5) is 4.58. The van der Waals surface area contributed by atoms with Crippen LogP contribution in [0, 0.1) is 5.92 Å². The van der Waals surface area contributed by atoms with Gasteiger partial charge in [-0.3, -0.25) is 0 Å². The van der Waals surface area contributed by atoms with Crippen molar-refractivity contribution >= 4 is 42.6 Å². The van der Waals surface area contributed by atoms with Gasteiger partial charge in [0, 0.05) is 17.6 Å². The molecule has 0 saturated carbocycles. The molecule has 0 bridgehead atoms. The monoisotopic (exact) mass is 326 g/mol. The number of benzene rings is 1. The first-order valence-corrected chi connectivity index (χ1v) is 7.80. The molecular formula is C13H15BrN2OS. The molecule has 1 fully saturated rings. The molecule has 2 aromatic rings. The molecule has 2 heterocycles. The Morgan fingerprint density at radius 2 is 2.44 bits per heavy atom. The molecule has 1 aliphatic heterocycles. The molecule has 1 N–H and O–H groups in total. The smallest absolute Gasteiger partial charge is 0.183 e. The first kappa shape index (κ1) is 12.4. The van der Waals surface area contributed by atoms with Crippen molar-refractivity contribution in [1.29, 1.82) is 0 Å². The van der Waals surface area contributed by atoms with Crippen molar-refractivity contribution in [3.63, 3.8) is 0 Å². The van der Waals surface area contributed by atoms with Crippen molar-refractivity contribution in [3.8, 4) is 0 Å². The maximum absolute atomic E-state index is 5.48. The van der Waals surface area contributed by atoms with Crippen LogP contribution in [-0.2, 0) is 4.74 Å². The second-order valence-corrected chi connectivity index (χ2v) is 6.54. The molecular weight excluding hydrogens is 312 g/mol. The predicted octanol–water partition coefficient (Wildman–Crippen LogP) is 3.90. The zero-order valence-corrected chi connectivity index (χ0v) is 12.4. The quantitative estimate of drug-likeness (QED) is 0.928. The van der Waals surface area contributed by atoms with Gasteiger partial charge in [-0.25, -0.2) is 4.98 Å². The third-order valence-corrected chi connectivity index (χ3v) is 4.62. The SMILES string of the molecule is Brc1ccc2nc(NCC3CCCOC3)sc2c1. The molecule has 1 aliphatic rings. The van der Waals surface area contributed by atoms with Crippen LogP contribution in [0.5, 0.6) is 0 Å². The van der Waals surface area contributed by atoms with Crippen LogP contribution in [-0.4, -0.2) is 24.7 Å². The summed E-state index contributed by atoms with van der Waals surface area (Å²) in [5.41, 5.74) is 1.06. The summed E-state index contributed by atoms with van der Waals surface area (Å²) in [6.07, 6.45) is 2.43. The maximum atomic E-state index is 5.48. The Hall–Kier alpha value is -0.650. The lowest BCUT2D eigenvalue weighted by molar-refractivity contribution is 0.0595. The van der Waals surface area contributed by atoms with Crippen LogP contribution in [0.3, 0.4) is 0 Å². The van der Waals surface area contributed by atoms with E-state index >= 15 is 0 Å². The van der Waals surface area contributed by atoms with Crippen LogP contribution in [0.1, 0.15) is 12.8 Å². The molecule has 3 rings (SSSR count). The van der Waals surface area contributed by atoms with E-state index in [0.29, 0.717) is 5.92 Å². The van der Waals surface area contributed by atoms with Gasteiger partial charge in [0.1, 0.15) is 0 Å². The molecule has 96 valence electrons. The van der Waals surface area contributed by atoms with Crippen molar-refractivity contribution in [2.75, 3.05) is 25.1 Å². The van der Waals surface area contributed by atoms with Crippen molar-refractivity contribution in [2.24, 2.45) is 5.92 Å². The van der Waals surface area contributed by atoms with Crippen molar-refractivity contribution in [3.05, 3.63) is 22.7 Å². The predicted molar refractivity (Wildman–Crippen MR) is 79.4 cm³/mol. The fourth-order valence-electron chi connectivity index (χ4n) is 2.17.